The number of rotatable bonds is 6. The van der Waals surface area contributed by atoms with Gasteiger partial charge in [-0.2, -0.15) is 26.7 Å². The van der Waals surface area contributed by atoms with Gasteiger partial charge in [0.1, 0.15) is 0 Å². The van der Waals surface area contributed by atoms with Crippen molar-refractivity contribution in [2.24, 2.45) is 5.84 Å². The Balaban J connectivity index is 2.09. The highest BCUT2D eigenvalue weighted by Crippen LogP contribution is 2.46. The van der Waals surface area contributed by atoms with Crippen LogP contribution in [0.2, 0.25) is 0 Å². The molecule has 0 aromatic carbocycles. The normalized spacial score (nSPS) is 16.2. The molecule has 7 nitrogen and oxygen atoms in total. The first kappa shape index (κ1) is 13.2. The van der Waals surface area contributed by atoms with Crippen LogP contribution in [0.1, 0.15) is 12.8 Å². The molecule has 18 heavy (non-hydrogen) atoms. The molecule has 0 amide bonds. The van der Waals surface area contributed by atoms with Crippen LogP contribution in [0, 0.1) is 0 Å². The van der Waals surface area contributed by atoms with Crippen molar-refractivity contribution in [3.63, 3.8) is 0 Å². The fourth-order valence-electron chi connectivity index (χ4n) is 1.54. The van der Waals surface area contributed by atoms with Gasteiger partial charge in [0.2, 0.25) is 17.8 Å². The Morgan fingerprint density at radius 3 is 2.44 bits per heavy atom. The highest BCUT2D eigenvalue weighted by molar-refractivity contribution is 8.00. The number of hydrazine groups is 1. The van der Waals surface area contributed by atoms with Crippen molar-refractivity contribution in [2.75, 3.05) is 42.5 Å². The number of hydrogen-bond acceptors (Lipinski definition) is 8. The second-order valence-electron chi connectivity index (χ2n) is 4.56. The molecule has 1 saturated carbocycles. The number of nitrogens with zero attached hydrogens (tertiary/aromatic N) is 4. The molecule has 1 aromatic heterocycles. The number of nitrogen functional groups attached to an aromatic ring is 1. The standard InChI is InChI=1S/C10H19N7S/c1-17(2)9-14-7(13-8(15-9)16-11)12-6-10(18-3)4-5-10/h4-6,11H2,1-3H3,(H2,12,13,14,15,16). The Labute approximate surface area is 111 Å². The van der Waals surface area contributed by atoms with E-state index in [-0.39, 0.29) is 0 Å². The zero-order valence-corrected chi connectivity index (χ0v) is 11.7. The first-order valence-corrected chi connectivity index (χ1v) is 7.00. The van der Waals surface area contributed by atoms with Crippen molar-refractivity contribution in [3.05, 3.63) is 0 Å². The van der Waals surface area contributed by atoms with E-state index in [0.717, 1.165) is 6.54 Å². The van der Waals surface area contributed by atoms with Crippen LogP contribution in [0.25, 0.3) is 0 Å². The Hall–Kier alpha value is -1.28. The fourth-order valence-corrected chi connectivity index (χ4v) is 2.27. The Bertz CT molecular complexity index is 419. The molecule has 1 aromatic rings. The van der Waals surface area contributed by atoms with Crippen LogP contribution < -0.4 is 21.5 Å². The molecular weight excluding hydrogens is 250 g/mol. The van der Waals surface area contributed by atoms with Gasteiger partial charge in [-0.3, -0.25) is 5.43 Å². The third-order valence-electron chi connectivity index (χ3n) is 2.96. The van der Waals surface area contributed by atoms with E-state index >= 15 is 0 Å². The maximum atomic E-state index is 5.36. The summed E-state index contributed by atoms with van der Waals surface area (Å²) in [5.74, 6) is 6.86. The van der Waals surface area contributed by atoms with Crippen molar-refractivity contribution >= 4 is 29.6 Å². The number of nitrogens with two attached hydrogens (primary N) is 1. The third-order valence-corrected chi connectivity index (χ3v) is 4.38. The van der Waals surface area contributed by atoms with Gasteiger partial charge in [-0.25, -0.2) is 5.84 Å². The van der Waals surface area contributed by atoms with Crippen LogP contribution in [0.3, 0.4) is 0 Å². The monoisotopic (exact) mass is 269 g/mol. The summed E-state index contributed by atoms with van der Waals surface area (Å²) in [6.07, 6.45) is 4.63. The number of hydrogen-bond donors (Lipinski definition) is 3. The maximum Gasteiger partial charge on any atom is 0.243 e. The second kappa shape index (κ2) is 5.15. The highest BCUT2D eigenvalue weighted by atomic mass is 32.2. The molecule has 0 bridgehead atoms. The van der Waals surface area contributed by atoms with Crippen molar-refractivity contribution in [1.82, 2.24) is 15.0 Å². The first-order valence-electron chi connectivity index (χ1n) is 5.77. The van der Waals surface area contributed by atoms with Gasteiger partial charge in [0, 0.05) is 25.4 Å². The molecule has 0 spiro atoms. The van der Waals surface area contributed by atoms with Gasteiger partial charge in [0.15, 0.2) is 0 Å². The summed E-state index contributed by atoms with van der Waals surface area (Å²) in [6, 6.07) is 0. The van der Waals surface area contributed by atoms with Crippen LogP contribution in [-0.4, -0.2) is 46.6 Å². The number of aromatic nitrogens is 3. The molecule has 100 valence electrons. The smallest absolute Gasteiger partial charge is 0.243 e. The lowest BCUT2D eigenvalue weighted by atomic mass is 10.4. The summed E-state index contributed by atoms with van der Waals surface area (Å²) < 4.78 is 0.362. The lowest BCUT2D eigenvalue weighted by Crippen LogP contribution is -2.22. The average molecular weight is 269 g/mol. The molecule has 1 aliphatic carbocycles. The summed E-state index contributed by atoms with van der Waals surface area (Å²) in [4.78, 5) is 14.5. The quantitative estimate of drug-likeness (QED) is 0.509. The van der Waals surface area contributed by atoms with E-state index in [0.29, 0.717) is 22.6 Å². The SMILES string of the molecule is CSC1(CNc2nc(NN)nc(N(C)C)n2)CC1. The molecule has 4 N–H and O–H groups in total. The summed E-state index contributed by atoms with van der Waals surface area (Å²) in [6.45, 7) is 0.870. The average Bonchev–Trinajstić information content (AvgIpc) is 3.16. The van der Waals surface area contributed by atoms with E-state index < -0.39 is 0 Å². The lowest BCUT2D eigenvalue weighted by molar-refractivity contribution is 0.901. The zero-order valence-electron chi connectivity index (χ0n) is 10.9. The summed E-state index contributed by atoms with van der Waals surface area (Å²) in [5, 5.41) is 3.26. The number of anilines is 3. The van der Waals surface area contributed by atoms with Crippen LogP contribution >= 0.6 is 11.8 Å². The van der Waals surface area contributed by atoms with Crippen molar-refractivity contribution < 1.29 is 0 Å². The minimum Gasteiger partial charge on any atom is -0.353 e. The number of nitrogens with one attached hydrogen (secondary N) is 2. The Morgan fingerprint density at radius 2 is 1.94 bits per heavy atom. The zero-order chi connectivity index (χ0) is 13.2. The highest BCUT2D eigenvalue weighted by Gasteiger charge is 2.41. The molecule has 0 aliphatic heterocycles. The van der Waals surface area contributed by atoms with Gasteiger partial charge in [-0.15, -0.1) is 0 Å². The summed E-state index contributed by atoms with van der Waals surface area (Å²) >= 11 is 1.89. The molecule has 0 atom stereocenters. The summed E-state index contributed by atoms with van der Waals surface area (Å²) in [7, 11) is 3.76. The first-order chi connectivity index (χ1) is 8.58. The fraction of sp³-hybridized carbons (Fsp3) is 0.700. The lowest BCUT2D eigenvalue weighted by Gasteiger charge is -2.15. The Kier molecular flexibility index (Phi) is 3.76. The van der Waals surface area contributed by atoms with Gasteiger partial charge in [-0.05, 0) is 19.1 Å². The largest absolute Gasteiger partial charge is 0.353 e. The molecular formula is C10H19N7S. The maximum absolute atomic E-state index is 5.36. The van der Waals surface area contributed by atoms with Gasteiger partial charge in [0.05, 0.1) is 0 Å². The van der Waals surface area contributed by atoms with Crippen molar-refractivity contribution in [1.29, 1.82) is 0 Å². The topological polar surface area (TPSA) is 92.0 Å². The molecule has 0 unspecified atom stereocenters. The van der Waals surface area contributed by atoms with E-state index in [1.807, 2.05) is 30.8 Å². The summed E-state index contributed by atoms with van der Waals surface area (Å²) in [5.41, 5.74) is 2.46. The van der Waals surface area contributed by atoms with E-state index in [4.69, 9.17) is 5.84 Å². The van der Waals surface area contributed by atoms with Gasteiger partial charge in [-0.1, -0.05) is 0 Å². The van der Waals surface area contributed by atoms with Gasteiger partial charge >= 0.3 is 0 Å². The molecule has 1 fully saturated rings. The van der Waals surface area contributed by atoms with Gasteiger partial charge in [0.25, 0.3) is 0 Å². The van der Waals surface area contributed by atoms with E-state index in [9.17, 15) is 0 Å². The van der Waals surface area contributed by atoms with Crippen LogP contribution in [0.4, 0.5) is 17.8 Å². The van der Waals surface area contributed by atoms with E-state index in [2.05, 4.69) is 32.0 Å². The van der Waals surface area contributed by atoms with Crippen LogP contribution in [0.5, 0.6) is 0 Å². The molecule has 8 heteroatoms. The minimum atomic E-state index is 0.362. The van der Waals surface area contributed by atoms with Crippen molar-refractivity contribution in [3.8, 4) is 0 Å². The van der Waals surface area contributed by atoms with Crippen LogP contribution in [-0.2, 0) is 0 Å². The molecule has 0 radical (unpaired) electrons. The van der Waals surface area contributed by atoms with Crippen LogP contribution in [0.15, 0.2) is 0 Å². The van der Waals surface area contributed by atoms with E-state index in [1.165, 1.54) is 12.8 Å². The molecule has 1 aliphatic rings. The third kappa shape index (κ3) is 2.94. The van der Waals surface area contributed by atoms with Crippen molar-refractivity contribution in [2.45, 2.75) is 17.6 Å². The predicted octanol–water partition coefficient (Wildman–Crippen LogP) is 0.531. The van der Waals surface area contributed by atoms with Gasteiger partial charge < -0.3 is 10.2 Å². The number of thioether (sulfide) groups is 1. The van der Waals surface area contributed by atoms with E-state index in [1.54, 1.807) is 0 Å². The molecule has 0 saturated heterocycles. The molecule has 2 rings (SSSR count). The minimum absolute atomic E-state index is 0.362. The predicted molar refractivity (Wildman–Crippen MR) is 75.9 cm³/mol. The Morgan fingerprint density at radius 1 is 1.28 bits per heavy atom. The molecule has 1 heterocycles. The second-order valence-corrected chi connectivity index (χ2v) is 5.84.